The Morgan fingerprint density at radius 1 is 1.38 bits per heavy atom. The fourth-order valence-electron chi connectivity index (χ4n) is 2.54. The van der Waals surface area contributed by atoms with Crippen LogP contribution in [0.4, 0.5) is 4.39 Å². The summed E-state index contributed by atoms with van der Waals surface area (Å²) >= 11 is 5.76. The van der Waals surface area contributed by atoms with Gasteiger partial charge < -0.3 is 5.73 Å². The maximum atomic E-state index is 13.7. The summed E-state index contributed by atoms with van der Waals surface area (Å²) in [7, 11) is 0. The van der Waals surface area contributed by atoms with Crippen LogP contribution in [0, 0.1) is 11.7 Å². The molecule has 3 heteroatoms. The standard InChI is InChI=1S/C13H17ClFN/c14-12-6-2-4-10(13(12)15)7-9-3-1-5-11(16)8-9/h2,4,6,9,11H,1,3,5,7-8,16H2. The topological polar surface area (TPSA) is 26.0 Å². The van der Waals surface area contributed by atoms with Crippen LogP contribution in [0.15, 0.2) is 18.2 Å². The van der Waals surface area contributed by atoms with Gasteiger partial charge in [0.1, 0.15) is 5.82 Å². The van der Waals surface area contributed by atoms with Crippen molar-refractivity contribution in [2.45, 2.75) is 38.1 Å². The molecule has 1 nitrogen and oxygen atoms in total. The van der Waals surface area contributed by atoms with E-state index in [0.717, 1.165) is 37.7 Å². The monoisotopic (exact) mass is 241 g/mol. The summed E-state index contributed by atoms with van der Waals surface area (Å²) in [6.45, 7) is 0. The zero-order valence-corrected chi connectivity index (χ0v) is 10.0. The molecule has 1 saturated carbocycles. The van der Waals surface area contributed by atoms with E-state index in [4.69, 9.17) is 17.3 Å². The molecule has 2 N–H and O–H groups in total. The minimum atomic E-state index is -0.261. The van der Waals surface area contributed by atoms with Gasteiger partial charge in [-0.2, -0.15) is 0 Å². The van der Waals surface area contributed by atoms with Gasteiger partial charge in [-0.15, -0.1) is 0 Å². The number of nitrogens with two attached hydrogens (primary N) is 1. The average Bonchev–Trinajstić information content (AvgIpc) is 2.25. The average molecular weight is 242 g/mol. The lowest BCUT2D eigenvalue weighted by atomic mass is 9.82. The van der Waals surface area contributed by atoms with Gasteiger partial charge >= 0.3 is 0 Å². The molecule has 0 saturated heterocycles. The summed E-state index contributed by atoms with van der Waals surface area (Å²) in [6.07, 6.45) is 5.19. The minimum absolute atomic E-state index is 0.220. The van der Waals surface area contributed by atoms with E-state index < -0.39 is 0 Å². The van der Waals surface area contributed by atoms with Crippen LogP contribution in [-0.4, -0.2) is 6.04 Å². The third kappa shape index (κ3) is 2.74. The predicted molar refractivity (Wildman–Crippen MR) is 65.0 cm³/mol. The first kappa shape index (κ1) is 11.9. The molecule has 0 aromatic heterocycles. The van der Waals surface area contributed by atoms with Crippen molar-refractivity contribution in [3.8, 4) is 0 Å². The number of halogens is 2. The molecular formula is C13H17ClFN. The molecule has 0 bridgehead atoms. The largest absolute Gasteiger partial charge is 0.328 e. The molecule has 0 radical (unpaired) electrons. The number of benzene rings is 1. The van der Waals surface area contributed by atoms with Gasteiger partial charge in [-0.3, -0.25) is 0 Å². The van der Waals surface area contributed by atoms with E-state index in [-0.39, 0.29) is 10.8 Å². The highest BCUT2D eigenvalue weighted by Crippen LogP contribution is 2.28. The van der Waals surface area contributed by atoms with Crippen LogP contribution >= 0.6 is 11.6 Å². The molecule has 2 atom stereocenters. The molecule has 1 fully saturated rings. The molecular weight excluding hydrogens is 225 g/mol. The second-order valence-electron chi connectivity index (χ2n) is 4.71. The van der Waals surface area contributed by atoms with E-state index in [1.165, 1.54) is 0 Å². The van der Waals surface area contributed by atoms with Crippen molar-refractivity contribution in [2.24, 2.45) is 11.7 Å². The Kier molecular flexibility index (Phi) is 3.82. The third-order valence-corrected chi connectivity index (χ3v) is 3.66. The van der Waals surface area contributed by atoms with Gasteiger partial charge in [0, 0.05) is 6.04 Å². The highest BCUT2D eigenvalue weighted by molar-refractivity contribution is 6.30. The summed E-state index contributed by atoms with van der Waals surface area (Å²) in [5, 5.41) is 0.220. The van der Waals surface area contributed by atoms with Gasteiger partial charge in [-0.05, 0) is 36.8 Å². The Morgan fingerprint density at radius 2 is 2.19 bits per heavy atom. The van der Waals surface area contributed by atoms with Gasteiger partial charge in [0.25, 0.3) is 0 Å². The molecule has 1 aromatic carbocycles. The normalized spacial score (nSPS) is 25.7. The molecule has 88 valence electrons. The Morgan fingerprint density at radius 3 is 2.94 bits per heavy atom. The van der Waals surface area contributed by atoms with Crippen LogP contribution in [0.3, 0.4) is 0 Å². The predicted octanol–water partition coefficient (Wildman–Crippen LogP) is 3.54. The van der Waals surface area contributed by atoms with Crippen molar-refractivity contribution >= 4 is 11.6 Å². The fourth-order valence-corrected chi connectivity index (χ4v) is 2.73. The van der Waals surface area contributed by atoms with E-state index >= 15 is 0 Å². The Labute approximate surface area is 101 Å². The third-order valence-electron chi connectivity index (χ3n) is 3.36. The molecule has 2 unspecified atom stereocenters. The van der Waals surface area contributed by atoms with E-state index in [1.54, 1.807) is 6.07 Å². The zero-order chi connectivity index (χ0) is 11.5. The summed E-state index contributed by atoms with van der Waals surface area (Å²) in [4.78, 5) is 0. The molecule has 2 rings (SSSR count). The lowest BCUT2D eigenvalue weighted by Crippen LogP contribution is -2.28. The van der Waals surface area contributed by atoms with Crippen molar-refractivity contribution < 1.29 is 4.39 Å². The Bertz CT molecular complexity index is 367. The lowest BCUT2D eigenvalue weighted by molar-refractivity contribution is 0.318. The van der Waals surface area contributed by atoms with Crippen LogP contribution in [0.2, 0.25) is 5.02 Å². The fraction of sp³-hybridized carbons (Fsp3) is 0.538. The smallest absolute Gasteiger partial charge is 0.144 e. The number of hydrogen-bond donors (Lipinski definition) is 1. The molecule has 0 amide bonds. The second-order valence-corrected chi connectivity index (χ2v) is 5.12. The van der Waals surface area contributed by atoms with Crippen LogP contribution in [0.1, 0.15) is 31.2 Å². The quantitative estimate of drug-likeness (QED) is 0.842. The van der Waals surface area contributed by atoms with Crippen LogP contribution in [0.5, 0.6) is 0 Å². The molecule has 1 aliphatic carbocycles. The summed E-state index contributed by atoms with van der Waals surface area (Å²) in [6, 6.07) is 5.51. The van der Waals surface area contributed by atoms with Crippen LogP contribution < -0.4 is 5.73 Å². The number of hydrogen-bond acceptors (Lipinski definition) is 1. The first-order chi connectivity index (χ1) is 7.66. The zero-order valence-electron chi connectivity index (χ0n) is 9.26. The number of rotatable bonds is 2. The first-order valence-corrected chi connectivity index (χ1v) is 6.23. The van der Waals surface area contributed by atoms with Crippen molar-refractivity contribution in [3.63, 3.8) is 0 Å². The van der Waals surface area contributed by atoms with Crippen molar-refractivity contribution in [1.29, 1.82) is 0 Å². The Balaban J connectivity index is 2.05. The van der Waals surface area contributed by atoms with Gasteiger partial charge in [-0.25, -0.2) is 4.39 Å². The van der Waals surface area contributed by atoms with Crippen molar-refractivity contribution in [1.82, 2.24) is 0 Å². The maximum Gasteiger partial charge on any atom is 0.144 e. The summed E-state index contributed by atoms with van der Waals surface area (Å²) in [5.74, 6) is 0.250. The molecule has 0 spiro atoms. The second kappa shape index (κ2) is 5.15. The summed E-state index contributed by atoms with van der Waals surface area (Å²) in [5.41, 5.74) is 6.66. The Hall–Kier alpha value is -0.600. The molecule has 16 heavy (non-hydrogen) atoms. The molecule has 1 aliphatic rings. The van der Waals surface area contributed by atoms with Gasteiger partial charge in [0.2, 0.25) is 0 Å². The van der Waals surface area contributed by atoms with E-state index in [2.05, 4.69) is 0 Å². The SMILES string of the molecule is NC1CCCC(Cc2cccc(Cl)c2F)C1. The van der Waals surface area contributed by atoms with Crippen LogP contribution in [0.25, 0.3) is 0 Å². The molecule has 0 aliphatic heterocycles. The maximum absolute atomic E-state index is 13.7. The highest BCUT2D eigenvalue weighted by atomic mass is 35.5. The van der Waals surface area contributed by atoms with Crippen molar-refractivity contribution in [3.05, 3.63) is 34.6 Å². The van der Waals surface area contributed by atoms with E-state index in [1.807, 2.05) is 12.1 Å². The van der Waals surface area contributed by atoms with Gasteiger partial charge in [0.05, 0.1) is 5.02 Å². The first-order valence-electron chi connectivity index (χ1n) is 5.85. The molecule has 1 aromatic rings. The summed E-state index contributed by atoms with van der Waals surface area (Å²) < 4.78 is 13.7. The molecule has 0 heterocycles. The van der Waals surface area contributed by atoms with Crippen molar-refractivity contribution in [2.75, 3.05) is 0 Å². The van der Waals surface area contributed by atoms with Gasteiger partial charge in [-0.1, -0.05) is 36.6 Å². The van der Waals surface area contributed by atoms with E-state index in [0.29, 0.717) is 12.0 Å². The van der Waals surface area contributed by atoms with Crippen LogP contribution in [-0.2, 0) is 6.42 Å². The minimum Gasteiger partial charge on any atom is -0.328 e. The highest BCUT2D eigenvalue weighted by Gasteiger charge is 2.20. The van der Waals surface area contributed by atoms with E-state index in [9.17, 15) is 4.39 Å². The van der Waals surface area contributed by atoms with Gasteiger partial charge in [0.15, 0.2) is 0 Å². The lowest BCUT2D eigenvalue weighted by Gasteiger charge is -2.26.